The van der Waals surface area contributed by atoms with Crippen molar-refractivity contribution in [3.05, 3.63) is 148 Å². The van der Waals surface area contributed by atoms with Crippen LogP contribution in [0.1, 0.15) is 44.4 Å². The Hall–Kier alpha value is -5.67. The fourth-order valence-electron chi connectivity index (χ4n) is 5.80. The number of carbonyl (C=O) groups is 3. The van der Waals surface area contributed by atoms with Crippen LogP contribution in [-0.4, -0.2) is 41.5 Å². The number of rotatable bonds is 13. The van der Waals surface area contributed by atoms with Gasteiger partial charge in [-0.2, -0.15) is 5.26 Å². The van der Waals surface area contributed by atoms with Crippen molar-refractivity contribution in [2.24, 2.45) is 0 Å². The fraction of sp³-hybridized carbons (Fsp3) is 0.171. The molecule has 0 bridgehead atoms. The highest BCUT2D eigenvalue weighted by atomic mass is 32.2. The Balaban J connectivity index is 1.10. The molecule has 6 rings (SSSR count). The van der Waals surface area contributed by atoms with E-state index in [2.05, 4.69) is 39.1 Å². The number of nitriles is 1. The zero-order chi connectivity index (χ0) is 36.3. The summed E-state index contributed by atoms with van der Waals surface area (Å²) in [6.07, 6.45) is 2.35. The summed E-state index contributed by atoms with van der Waals surface area (Å²) in [6, 6.07) is 35.7. The van der Waals surface area contributed by atoms with Gasteiger partial charge in [0.05, 0.1) is 17.9 Å². The average Bonchev–Trinajstić information content (AvgIpc) is 3.51. The number of ether oxygens (including phenoxy) is 1. The van der Waals surface area contributed by atoms with E-state index in [9.17, 15) is 19.6 Å². The zero-order valence-corrected chi connectivity index (χ0v) is 30.2. The third-order valence-electron chi connectivity index (χ3n) is 8.26. The van der Waals surface area contributed by atoms with Gasteiger partial charge in [-0.3, -0.25) is 19.3 Å². The molecule has 1 aromatic heterocycles. The van der Waals surface area contributed by atoms with Crippen LogP contribution in [0.5, 0.6) is 5.75 Å². The second kappa shape index (κ2) is 17.5. The van der Waals surface area contributed by atoms with Crippen molar-refractivity contribution in [2.45, 2.75) is 31.3 Å². The summed E-state index contributed by atoms with van der Waals surface area (Å²) in [6.45, 7) is 4.73. The minimum absolute atomic E-state index is 0.0357. The Morgan fingerprint density at radius 3 is 2.46 bits per heavy atom. The second-order valence-corrected chi connectivity index (χ2v) is 14.1. The highest BCUT2D eigenvalue weighted by Crippen LogP contribution is 2.37. The lowest BCUT2D eigenvalue weighted by molar-refractivity contribution is -0.114. The number of thiophene rings is 1. The number of hydrogen-bond donors (Lipinski definition) is 3. The zero-order valence-electron chi connectivity index (χ0n) is 28.6. The SMILES string of the molecule is CCOc1ccccc1/C=C(/NC(=O)c1ccccc1)C(=O)Nc1cccc(SCC(=O)Nc2sc3c(c2C#N)CCN(Cc2ccccc2)C3)c1. The summed E-state index contributed by atoms with van der Waals surface area (Å²) in [5.74, 6) is -0.490. The molecule has 0 atom stereocenters. The normalized spacial score (nSPS) is 12.7. The summed E-state index contributed by atoms with van der Waals surface area (Å²) in [4.78, 5) is 44.1. The van der Waals surface area contributed by atoms with Gasteiger partial charge < -0.3 is 20.7 Å². The summed E-state index contributed by atoms with van der Waals surface area (Å²) in [5.41, 5.74) is 4.39. The standard InChI is InChI=1S/C41H37N5O4S2/c1-2-50-36-19-10-9-16-30(36)22-35(44-39(48)29-14-7-4-8-15-29)40(49)43-31-17-11-18-32(23-31)51-27-38(47)45-41-34(24-42)33-20-21-46(26-37(33)52-41)25-28-12-5-3-6-13-28/h3-19,22-23H,2,20-21,25-27H2,1H3,(H,43,49)(H,44,48)(H,45,47)/b35-22+. The first-order chi connectivity index (χ1) is 25.4. The number of benzene rings is 4. The predicted molar refractivity (Wildman–Crippen MR) is 207 cm³/mol. The van der Waals surface area contributed by atoms with Crippen molar-refractivity contribution in [1.82, 2.24) is 10.2 Å². The van der Waals surface area contributed by atoms with Crippen molar-refractivity contribution in [3.63, 3.8) is 0 Å². The Bertz CT molecular complexity index is 2130. The van der Waals surface area contributed by atoms with Gasteiger partial charge >= 0.3 is 0 Å². The number of para-hydroxylation sites is 1. The van der Waals surface area contributed by atoms with Crippen LogP contribution < -0.4 is 20.7 Å². The molecular weight excluding hydrogens is 691 g/mol. The van der Waals surface area contributed by atoms with Gasteiger partial charge in [-0.1, -0.05) is 72.8 Å². The molecule has 52 heavy (non-hydrogen) atoms. The largest absolute Gasteiger partial charge is 0.493 e. The number of hydrogen-bond acceptors (Lipinski definition) is 8. The number of carbonyl (C=O) groups excluding carboxylic acids is 3. The molecule has 0 saturated carbocycles. The van der Waals surface area contributed by atoms with Crippen molar-refractivity contribution in [1.29, 1.82) is 5.26 Å². The predicted octanol–water partition coefficient (Wildman–Crippen LogP) is 7.72. The molecule has 1 aliphatic rings. The maximum Gasteiger partial charge on any atom is 0.272 e. The Morgan fingerprint density at radius 1 is 0.942 bits per heavy atom. The van der Waals surface area contributed by atoms with Gasteiger partial charge in [-0.25, -0.2) is 0 Å². The monoisotopic (exact) mass is 727 g/mol. The van der Waals surface area contributed by atoms with Crippen LogP contribution >= 0.6 is 23.1 Å². The van der Waals surface area contributed by atoms with Crippen molar-refractivity contribution in [3.8, 4) is 11.8 Å². The number of amides is 3. The first-order valence-electron chi connectivity index (χ1n) is 16.8. The molecule has 3 N–H and O–H groups in total. The van der Waals surface area contributed by atoms with E-state index in [0.717, 1.165) is 41.4 Å². The molecule has 262 valence electrons. The van der Waals surface area contributed by atoms with E-state index < -0.39 is 11.8 Å². The van der Waals surface area contributed by atoms with Crippen molar-refractivity contribution in [2.75, 3.05) is 29.5 Å². The molecule has 2 heterocycles. The second-order valence-electron chi connectivity index (χ2n) is 11.9. The molecule has 0 aliphatic carbocycles. The minimum atomic E-state index is -0.525. The van der Waals surface area contributed by atoms with E-state index in [1.54, 1.807) is 60.7 Å². The molecule has 0 radical (unpaired) electrons. The van der Waals surface area contributed by atoms with Crippen molar-refractivity contribution >= 4 is 57.6 Å². The molecule has 0 spiro atoms. The van der Waals surface area contributed by atoms with Crippen LogP contribution in [0.25, 0.3) is 6.08 Å². The van der Waals surface area contributed by atoms with E-state index in [4.69, 9.17) is 4.74 Å². The molecule has 5 aromatic rings. The lowest BCUT2D eigenvalue weighted by Gasteiger charge is -2.26. The molecule has 9 nitrogen and oxygen atoms in total. The fourth-order valence-corrected chi connectivity index (χ4v) is 7.81. The van der Waals surface area contributed by atoms with Gasteiger partial charge in [0.25, 0.3) is 11.8 Å². The maximum absolute atomic E-state index is 13.7. The van der Waals surface area contributed by atoms with Crippen LogP contribution in [0.15, 0.2) is 120 Å². The topological polar surface area (TPSA) is 124 Å². The summed E-state index contributed by atoms with van der Waals surface area (Å²) in [5, 5.41) is 19.2. The van der Waals surface area contributed by atoms with E-state index in [1.165, 1.54) is 28.7 Å². The number of fused-ring (bicyclic) bond motifs is 1. The van der Waals surface area contributed by atoms with Gasteiger partial charge in [-0.15, -0.1) is 23.1 Å². The highest BCUT2D eigenvalue weighted by molar-refractivity contribution is 8.00. The van der Waals surface area contributed by atoms with Crippen LogP contribution in [0, 0.1) is 11.3 Å². The average molecular weight is 728 g/mol. The van der Waals surface area contributed by atoms with E-state index in [0.29, 0.717) is 39.7 Å². The Kier molecular flexibility index (Phi) is 12.2. The van der Waals surface area contributed by atoms with Gasteiger partial charge in [0.15, 0.2) is 0 Å². The molecule has 11 heteroatoms. The first-order valence-corrected chi connectivity index (χ1v) is 18.6. The quantitative estimate of drug-likeness (QED) is 0.0839. The summed E-state index contributed by atoms with van der Waals surface area (Å²) in [7, 11) is 0. The number of nitrogens with one attached hydrogen (secondary N) is 3. The van der Waals surface area contributed by atoms with Gasteiger partial charge in [0, 0.05) is 46.2 Å². The molecule has 4 aromatic carbocycles. The Labute approximate surface area is 311 Å². The molecule has 0 fully saturated rings. The maximum atomic E-state index is 13.7. The van der Waals surface area contributed by atoms with E-state index in [-0.39, 0.29) is 17.4 Å². The van der Waals surface area contributed by atoms with Crippen LogP contribution in [-0.2, 0) is 29.1 Å². The van der Waals surface area contributed by atoms with Crippen LogP contribution in [0.2, 0.25) is 0 Å². The van der Waals surface area contributed by atoms with Gasteiger partial charge in [-0.05, 0) is 66.9 Å². The molecule has 0 unspecified atom stereocenters. The highest BCUT2D eigenvalue weighted by Gasteiger charge is 2.25. The first kappa shape index (κ1) is 36.1. The molecule has 1 aliphatic heterocycles. The summed E-state index contributed by atoms with van der Waals surface area (Å²) >= 11 is 2.79. The Morgan fingerprint density at radius 2 is 1.69 bits per heavy atom. The molecule has 3 amide bonds. The van der Waals surface area contributed by atoms with E-state index in [1.807, 2.05) is 49.4 Å². The molecular formula is C41H37N5O4S2. The lowest BCUT2D eigenvalue weighted by atomic mass is 10.0. The van der Waals surface area contributed by atoms with Crippen LogP contribution in [0.3, 0.4) is 0 Å². The molecule has 0 saturated heterocycles. The van der Waals surface area contributed by atoms with Gasteiger partial charge in [0.2, 0.25) is 5.91 Å². The van der Waals surface area contributed by atoms with Crippen LogP contribution in [0.4, 0.5) is 10.7 Å². The smallest absolute Gasteiger partial charge is 0.272 e. The van der Waals surface area contributed by atoms with Crippen molar-refractivity contribution < 1.29 is 19.1 Å². The lowest BCUT2D eigenvalue weighted by Crippen LogP contribution is -2.30. The minimum Gasteiger partial charge on any atom is -0.493 e. The third kappa shape index (κ3) is 9.35. The van der Waals surface area contributed by atoms with Gasteiger partial charge in [0.1, 0.15) is 22.5 Å². The van der Waals surface area contributed by atoms with E-state index >= 15 is 0 Å². The third-order valence-corrected chi connectivity index (χ3v) is 10.4. The number of thioether (sulfide) groups is 1. The number of nitrogens with zero attached hydrogens (tertiary/aromatic N) is 2. The number of anilines is 2. The summed E-state index contributed by atoms with van der Waals surface area (Å²) < 4.78 is 5.74.